The van der Waals surface area contributed by atoms with E-state index in [1.807, 2.05) is 12.1 Å². The molecule has 1 aromatic heterocycles. The number of benzene rings is 7. The Bertz CT molecular complexity index is 2760. The molecule has 2 aliphatic carbocycles. The Morgan fingerprint density at radius 2 is 0.902 bits per heavy atom. The van der Waals surface area contributed by atoms with Crippen LogP contribution in [0.3, 0.4) is 0 Å². The third kappa shape index (κ3) is 4.20. The van der Waals surface area contributed by atoms with E-state index in [0.29, 0.717) is 0 Å². The van der Waals surface area contributed by atoms with Crippen molar-refractivity contribution in [2.45, 2.75) is 38.5 Å². The maximum Gasteiger partial charge on any atom is 0.0794 e. The zero-order valence-electron chi connectivity index (χ0n) is 29.4. The molecule has 2 heteroatoms. The van der Waals surface area contributed by atoms with Crippen LogP contribution in [-0.4, -0.2) is 4.98 Å². The Hall–Kier alpha value is -5.99. The van der Waals surface area contributed by atoms with Crippen LogP contribution in [0.15, 0.2) is 146 Å². The summed E-state index contributed by atoms with van der Waals surface area (Å²) in [7, 11) is 0. The van der Waals surface area contributed by atoms with Crippen LogP contribution in [0.5, 0.6) is 0 Å². The van der Waals surface area contributed by atoms with Crippen LogP contribution in [0.4, 0.5) is 5.69 Å². The maximum absolute atomic E-state index is 6.65. The quantitative estimate of drug-likeness (QED) is 0.152. The van der Waals surface area contributed by atoms with Crippen LogP contribution in [0.25, 0.3) is 77.4 Å². The van der Waals surface area contributed by atoms with Crippen molar-refractivity contribution in [1.29, 1.82) is 0 Å². The number of hydrogen-bond acceptors (Lipinski definition) is 2. The summed E-state index contributed by atoms with van der Waals surface area (Å²) in [5.74, 6) is 0. The van der Waals surface area contributed by atoms with Crippen LogP contribution in [-0.2, 0) is 10.8 Å². The van der Waals surface area contributed by atoms with Crippen LogP contribution in [0.2, 0.25) is 0 Å². The van der Waals surface area contributed by atoms with E-state index in [0.717, 1.165) is 49.7 Å². The van der Waals surface area contributed by atoms with Gasteiger partial charge >= 0.3 is 0 Å². The van der Waals surface area contributed by atoms with Gasteiger partial charge in [0.1, 0.15) is 0 Å². The molecule has 0 saturated heterocycles. The second-order valence-electron chi connectivity index (χ2n) is 15.4. The molecule has 0 bridgehead atoms. The molecule has 51 heavy (non-hydrogen) atoms. The largest absolute Gasteiger partial charge is 0.398 e. The fraction of sp³-hybridized carbons (Fsp3) is 0.122. The van der Waals surface area contributed by atoms with Gasteiger partial charge in [0.15, 0.2) is 0 Å². The van der Waals surface area contributed by atoms with Gasteiger partial charge in [-0.05, 0) is 96.9 Å². The van der Waals surface area contributed by atoms with E-state index in [1.54, 1.807) is 0 Å². The van der Waals surface area contributed by atoms with Crippen LogP contribution in [0.1, 0.15) is 49.9 Å². The second-order valence-corrected chi connectivity index (χ2v) is 15.4. The molecule has 1 heterocycles. The molecule has 0 spiro atoms. The van der Waals surface area contributed by atoms with Gasteiger partial charge in [0, 0.05) is 38.4 Å². The highest BCUT2D eigenvalue weighted by Gasteiger charge is 2.37. The van der Waals surface area contributed by atoms with Gasteiger partial charge in [-0.15, -0.1) is 0 Å². The lowest BCUT2D eigenvalue weighted by Crippen LogP contribution is -2.15. The monoisotopic (exact) mass is 654 g/mol. The normalized spacial score (nSPS) is 14.7. The first-order valence-corrected chi connectivity index (χ1v) is 17.9. The highest BCUT2D eigenvalue weighted by atomic mass is 14.7. The van der Waals surface area contributed by atoms with Crippen LogP contribution < -0.4 is 5.73 Å². The molecule has 2 N–H and O–H groups in total. The standard InChI is InChI=1S/C49H38N2/c1-48(2)41-18-10-7-14-32(41)34-23-21-29(25-43(34)48)38-28-46(30-22-24-35-33-15-8-11-19-42(33)49(3,4)44(35)26-30)51-47-37-17-6-5-13-31(37)39(27-40(38)47)36-16-9-12-20-45(36)50/h5-28H,50H2,1-4H3. The van der Waals surface area contributed by atoms with E-state index < -0.39 is 0 Å². The molecule has 0 atom stereocenters. The molecule has 0 unspecified atom stereocenters. The van der Waals surface area contributed by atoms with E-state index in [1.165, 1.54) is 55.6 Å². The number of nitrogen functional groups attached to an aromatic ring is 1. The third-order valence-electron chi connectivity index (χ3n) is 11.8. The van der Waals surface area contributed by atoms with Crippen molar-refractivity contribution in [3.63, 3.8) is 0 Å². The fourth-order valence-corrected chi connectivity index (χ4v) is 9.14. The van der Waals surface area contributed by atoms with Crippen LogP contribution in [0, 0.1) is 0 Å². The zero-order chi connectivity index (χ0) is 34.6. The van der Waals surface area contributed by atoms with Gasteiger partial charge in [-0.1, -0.05) is 143 Å². The summed E-state index contributed by atoms with van der Waals surface area (Å²) in [6.07, 6.45) is 0. The number of nitrogens with zero attached hydrogens (tertiary/aromatic N) is 1. The third-order valence-corrected chi connectivity index (χ3v) is 11.8. The Morgan fingerprint density at radius 1 is 0.392 bits per heavy atom. The van der Waals surface area contributed by atoms with Crippen molar-refractivity contribution in [2.75, 3.05) is 5.73 Å². The predicted molar refractivity (Wildman–Crippen MR) is 215 cm³/mol. The zero-order valence-corrected chi connectivity index (χ0v) is 29.4. The summed E-state index contributed by atoms with van der Waals surface area (Å²) >= 11 is 0. The smallest absolute Gasteiger partial charge is 0.0794 e. The van der Waals surface area contributed by atoms with E-state index >= 15 is 0 Å². The van der Waals surface area contributed by atoms with Crippen molar-refractivity contribution < 1.29 is 0 Å². The number of hydrogen-bond donors (Lipinski definition) is 1. The lowest BCUT2D eigenvalue weighted by atomic mass is 9.81. The minimum atomic E-state index is -0.107. The average molecular weight is 655 g/mol. The number of anilines is 1. The highest BCUT2D eigenvalue weighted by Crippen LogP contribution is 2.52. The predicted octanol–water partition coefficient (Wildman–Crippen LogP) is 12.6. The Morgan fingerprint density at radius 3 is 1.55 bits per heavy atom. The van der Waals surface area contributed by atoms with E-state index in [9.17, 15) is 0 Å². The van der Waals surface area contributed by atoms with E-state index in [4.69, 9.17) is 10.7 Å². The van der Waals surface area contributed by atoms with E-state index in [-0.39, 0.29) is 10.8 Å². The SMILES string of the molecule is CC1(C)c2ccccc2-c2ccc(-c3cc(-c4ccc5c(c4)C(C)(C)c4ccccc4-5)c4cc(-c5ccccc5N)c5ccccc5c4n3)cc21. The molecule has 0 radical (unpaired) electrons. The van der Waals surface area contributed by atoms with E-state index in [2.05, 4.69) is 161 Å². The Labute approximate surface area is 299 Å². The molecule has 0 fully saturated rings. The summed E-state index contributed by atoms with van der Waals surface area (Å²) in [4.78, 5) is 5.54. The number of para-hydroxylation sites is 1. The first-order chi connectivity index (χ1) is 24.7. The average Bonchev–Trinajstić information content (AvgIpc) is 3.53. The Balaban J connectivity index is 1.27. The summed E-state index contributed by atoms with van der Waals surface area (Å²) in [5.41, 5.74) is 25.6. The summed E-state index contributed by atoms with van der Waals surface area (Å²) in [6, 6.07) is 53.2. The van der Waals surface area contributed by atoms with Crippen molar-refractivity contribution in [1.82, 2.24) is 4.98 Å². The van der Waals surface area contributed by atoms with Gasteiger partial charge in [0.05, 0.1) is 11.2 Å². The number of pyridine rings is 1. The number of aromatic nitrogens is 1. The molecule has 0 aliphatic heterocycles. The second kappa shape index (κ2) is 10.5. The number of nitrogens with two attached hydrogens (primary N) is 1. The number of fused-ring (bicyclic) bond motifs is 9. The molecular weight excluding hydrogens is 617 g/mol. The van der Waals surface area contributed by atoms with Crippen molar-refractivity contribution >= 4 is 27.4 Å². The molecule has 7 aromatic carbocycles. The maximum atomic E-state index is 6.65. The minimum Gasteiger partial charge on any atom is -0.398 e. The summed E-state index contributed by atoms with van der Waals surface area (Å²) < 4.78 is 0. The Kier molecular flexibility index (Phi) is 6.16. The molecule has 244 valence electrons. The molecule has 0 saturated carbocycles. The van der Waals surface area contributed by atoms with Gasteiger partial charge < -0.3 is 5.73 Å². The van der Waals surface area contributed by atoms with Gasteiger partial charge in [-0.2, -0.15) is 0 Å². The minimum absolute atomic E-state index is 0.0978. The summed E-state index contributed by atoms with van der Waals surface area (Å²) in [5, 5.41) is 3.39. The molecular formula is C49H38N2. The van der Waals surface area contributed by atoms with Gasteiger partial charge in [-0.25, -0.2) is 4.98 Å². The van der Waals surface area contributed by atoms with Crippen LogP contribution >= 0.6 is 0 Å². The fourth-order valence-electron chi connectivity index (χ4n) is 9.14. The highest BCUT2D eigenvalue weighted by molar-refractivity contribution is 6.17. The van der Waals surface area contributed by atoms with Crippen molar-refractivity contribution in [3.8, 4) is 55.8 Å². The summed E-state index contributed by atoms with van der Waals surface area (Å²) in [6.45, 7) is 9.39. The molecule has 2 nitrogen and oxygen atoms in total. The van der Waals surface area contributed by atoms with Gasteiger partial charge in [-0.3, -0.25) is 0 Å². The molecule has 0 amide bonds. The van der Waals surface area contributed by atoms with Gasteiger partial charge in [0.2, 0.25) is 0 Å². The lowest BCUT2D eigenvalue weighted by Gasteiger charge is -2.23. The topological polar surface area (TPSA) is 38.9 Å². The lowest BCUT2D eigenvalue weighted by molar-refractivity contribution is 0.660. The molecule has 10 rings (SSSR count). The molecule has 2 aliphatic rings. The van der Waals surface area contributed by atoms with Crippen molar-refractivity contribution in [3.05, 3.63) is 168 Å². The first kappa shape index (κ1) is 29.9. The van der Waals surface area contributed by atoms with Crippen molar-refractivity contribution in [2.24, 2.45) is 0 Å². The number of rotatable bonds is 3. The first-order valence-electron chi connectivity index (χ1n) is 17.9. The van der Waals surface area contributed by atoms with Gasteiger partial charge in [0.25, 0.3) is 0 Å². The molecule has 8 aromatic rings.